The summed E-state index contributed by atoms with van der Waals surface area (Å²) in [4.78, 5) is 4.22. The minimum atomic E-state index is -0.0934. The van der Waals surface area contributed by atoms with Crippen molar-refractivity contribution < 1.29 is 4.74 Å². The normalized spacial score (nSPS) is 12.2. The number of ether oxygens (including phenoxy) is 1. The highest BCUT2D eigenvalue weighted by Gasteiger charge is 2.09. The zero-order valence-electron chi connectivity index (χ0n) is 10.1. The molecule has 2 N–H and O–H groups in total. The number of hydrogen-bond donors (Lipinski definition) is 1. The van der Waals surface area contributed by atoms with E-state index in [1.807, 2.05) is 50.2 Å². The first-order chi connectivity index (χ1) is 8.16. The Bertz CT molecular complexity index is 492. The summed E-state index contributed by atoms with van der Waals surface area (Å²) in [7, 11) is 0. The molecule has 0 radical (unpaired) electrons. The molecule has 88 valence electrons. The lowest BCUT2D eigenvalue weighted by molar-refractivity contribution is 0.452. The molecule has 0 saturated heterocycles. The molecule has 17 heavy (non-hydrogen) atoms. The molecule has 2 aromatic rings. The van der Waals surface area contributed by atoms with Gasteiger partial charge in [-0.05, 0) is 32.0 Å². The van der Waals surface area contributed by atoms with Crippen LogP contribution in [0.3, 0.4) is 0 Å². The quantitative estimate of drug-likeness (QED) is 0.877. The largest absolute Gasteiger partial charge is 0.439 e. The molecule has 3 heteroatoms. The standard InChI is InChI=1S/C14H16N2O/c1-10-5-7-12(8-6-10)17-14-13(11(2)15)4-3-9-16-14/h3-9,11H,15H2,1-2H3/t11-/m0/s1. The summed E-state index contributed by atoms with van der Waals surface area (Å²) in [5.74, 6) is 1.35. The third-order valence-corrected chi connectivity index (χ3v) is 2.53. The summed E-state index contributed by atoms with van der Waals surface area (Å²) < 4.78 is 5.73. The average molecular weight is 228 g/mol. The SMILES string of the molecule is Cc1ccc(Oc2ncccc2[C@H](C)N)cc1. The zero-order valence-corrected chi connectivity index (χ0v) is 10.1. The molecule has 0 amide bonds. The highest BCUT2D eigenvalue weighted by Crippen LogP contribution is 2.26. The van der Waals surface area contributed by atoms with Gasteiger partial charge in [0.25, 0.3) is 0 Å². The summed E-state index contributed by atoms with van der Waals surface area (Å²) >= 11 is 0. The minimum absolute atomic E-state index is 0.0934. The van der Waals surface area contributed by atoms with Crippen molar-refractivity contribution in [2.24, 2.45) is 5.73 Å². The van der Waals surface area contributed by atoms with Crippen LogP contribution in [-0.2, 0) is 0 Å². The Labute approximate surface area is 101 Å². The summed E-state index contributed by atoms with van der Waals surface area (Å²) in [6.07, 6.45) is 1.70. The molecular weight excluding hydrogens is 212 g/mol. The third-order valence-electron chi connectivity index (χ3n) is 2.53. The molecule has 0 aliphatic rings. The van der Waals surface area contributed by atoms with E-state index in [4.69, 9.17) is 10.5 Å². The van der Waals surface area contributed by atoms with Crippen LogP contribution in [0.2, 0.25) is 0 Å². The average Bonchev–Trinajstić information content (AvgIpc) is 2.32. The molecule has 0 aliphatic heterocycles. The molecule has 0 aliphatic carbocycles. The molecule has 1 aromatic heterocycles. The highest BCUT2D eigenvalue weighted by atomic mass is 16.5. The van der Waals surface area contributed by atoms with E-state index in [2.05, 4.69) is 4.98 Å². The van der Waals surface area contributed by atoms with E-state index in [1.54, 1.807) is 6.20 Å². The maximum Gasteiger partial charge on any atom is 0.223 e. The van der Waals surface area contributed by atoms with Crippen LogP contribution < -0.4 is 10.5 Å². The van der Waals surface area contributed by atoms with Crippen molar-refractivity contribution in [1.29, 1.82) is 0 Å². The first-order valence-corrected chi connectivity index (χ1v) is 5.62. The van der Waals surface area contributed by atoms with Crippen LogP contribution in [0.4, 0.5) is 0 Å². The van der Waals surface area contributed by atoms with Crippen molar-refractivity contribution in [3.63, 3.8) is 0 Å². The van der Waals surface area contributed by atoms with E-state index in [0.717, 1.165) is 11.3 Å². The molecular formula is C14H16N2O. The van der Waals surface area contributed by atoms with Crippen LogP contribution in [0, 0.1) is 6.92 Å². The zero-order chi connectivity index (χ0) is 12.3. The number of pyridine rings is 1. The summed E-state index contributed by atoms with van der Waals surface area (Å²) in [6.45, 7) is 3.96. The van der Waals surface area contributed by atoms with E-state index < -0.39 is 0 Å². The molecule has 1 atom stereocenters. The van der Waals surface area contributed by atoms with Gasteiger partial charge in [0.1, 0.15) is 5.75 Å². The van der Waals surface area contributed by atoms with Gasteiger partial charge in [0.05, 0.1) is 0 Å². The van der Waals surface area contributed by atoms with Crippen LogP contribution in [0.5, 0.6) is 11.6 Å². The van der Waals surface area contributed by atoms with Gasteiger partial charge in [-0.25, -0.2) is 4.98 Å². The fourth-order valence-electron chi connectivity index (χ4n) is 1.55. The molecule has 0 fully saturated rings. The second kappa shape index (κ2) is 4.97. The Morgan fingerprint density at radius 1 is 1.18 bits per heavy atom. The Morgan fingerprint density at radius 2 is 1.88 bits per heavy atom. The minimum Gasteiger partial charge on any atom is -0.439 e. The van der Waals surface area contributed by atoms with Crippen LogP contribution in [0.1, 0.15) is 24.1 Å². The van der Waals surface area contributed by atoms with Crippen LogP contribution in [0.15, 0.2) is 42.6 Å². The Balaban J connectivity index is 2.26. The van der Waals surface area contributed by atoms with Crippen molar-refractivity contribution >= 4 is 0 Å². The maximum absolute atomic E-state index is 5.87. The first kappa shape index (κ1) is 11.6. The lowest BCUT2D eigenvalue weighted by Gasteiger charge is -2.12. The van der Waals surface area contributed by atoms with Gasteiger partial charge in [-0.15, -0.1) is 0 Å². The second-order valence-electron chi connectivity index (χ2n) is 4.10. The smallest absolute Gasteiger partial charge is 0.223 e. The molecule has 0 spiro atoms. The van der Waals surface area contributed by atoms with E-state index in [-0.39, 0.29) is 6.04 Å². The van der Waals surface area contributed by atoms with Gasteiger partial charge in [-0.3, -0.25) is 0 Å². The fourth-order valence-corrected chi connectivity index (χ4v) is 1.55. The third kappa shape index (κ3) is 2.82. The molecule has 3 nitrogen and oxygen atoms in total. The number of benzene rings is 1. The molecule has 0 unspecified atom stereocenters. The van der Waals surface area contributed by atoms with Gasteiger partial charge < -0.3 is 10.5 Å². The van der Waals surface area contributed by atoms with Gasteiger partial charge in [0.2, 0.25) is 5.88 Å². The van der Waals surface area contributed by atoms with Gasteiger partial charge in [0, 0.05) is 17.8 Å². The Kier molecular flexibility index (Phi) is 3.40. The highest BCUT2D eigenvalue weighted by molar-refractivity contribution is 5.34. The maximum atomic E-state index is 5.87. The monoisotopic (exact) mass is 228 g/mol. The number of rotatable bonds is 3. The first-order valence-electron chi connectivity index (χ1n) is 5.62. The van der Waals surface area contributed by atoms with Crippen LogP contribution >= 0.6 is 0 Å². The van der Waals surface area contributed by atoms with Crippen molar-refractivity contribution in [3.8, 4) is 11.6 Å². The number of aromatic nitrogens is 1. The molecule has 0 bridgehead atoms. The van der Waals surface area contributed by atoms with E-state index in [9.17, 15) is 0 Å². The van der Waals surface area contributed by atoms with Crippen LogP contribution in [0.25, 0.3) is 0 Å². The second-order valence-corrected chi connectivity index (χ2v) is 4.10. The van der Waals surface area contributed by atoms with E-state index in [1.165, 1.54) is 5.56 Å². The topological polar surface area (TPSA) is 48.1 Å². The number of aryl methyl sites for hydroxylation is 1. The van der Waals surface area contributed by atoms with Crippen molar-refractivity contribution in [1.82, 2.24) is 4.98 Å². The molecule has 1 heterocycles. The number of nitrogens with zero attached hydrogens (tertiary/aromatic N) is 1. The predicted molar refractivity (Wildman–Crippen MR) is 68.1 cm³/mol. The van der Waals surface area contributed by atoms with Crippen molar-refractivity contribution in [2.75, 3.05) is 0 Å². The van der Waals surface area contributed by atoms with E-state index >= 15 is 0 Å². The van der Waals surface area contributed by atoms with Gasteiger partial charge in [-0.2, -0.15) is 0 Å². The predicted octanol–water partition coefficient (Wildman–Crippen LogP) is 3.20. The lowest BCUT2D eigenvalue weighted by Crippen LogP contribution is -2.07. The molecule has 2 rings (SSSR count). The van der Waals surface area contributed by atoms with E-state index in [0.29, 0.717) is 5.88 Å². The number of nitrogens with two attached hydrogens (primary N) is 1. The Morgan fingerprint density at radius 3 is 2.53 bits per heavy atom. The van der Waals surface area contributed by atoms with Gasteiger partial charge in [-0.1, -0.05) is 23.8 Å². The van der Waals surface area contributed by atoms with Crippen molar-refractivity contribution in [3.05, 3.63) is 53.7 Å². The Hall–Kier alpha value is -1.87. The summed E-state index contributed by atoms with van der Waals surface area (Å²) in [5.41, 5.74) is 7.98. The molecule has 0 saturated carbocycles. The summed E-state index contributed by atoms with van der Waals surface area (Å²) in [5, 5.41) is 0. The van der Waals surface area contributed by atoms with Gasteiger partial charge >= 0.3 is 0 Å². The van der Waals surface area contributed by atoms with Crippen molar-refractivity contribution in [2.45, 2.75) is 19.9 Å². The van der Waals surface area contributed by atoms with Gasteiger partial charge in [0.15, 0.2) is 0 Å². The number of hydrogen-bond acceptors (Lipinski definition) is 3. The summed E-state index contributed by atoms with van der Waals surface area (Å²) in [6, 6.07) is 11.6. The lowest BCUT2D eigenvalue weighted by atomic mass is 10.1. The van der Waals surface area contributed by atoms with Crippen LogP contribution in [-0.4, -0.2) is 4.98 Å². The fraction of sp³-hybridized carbons (Fsp3) is 0.214. The molecule has 1 aromatic carbocycles.